The number of hydrogen-bond acceptors (Lipinski definition) is 3. The Kier molecular flexibility index (Phi) is 8.84. The molecule has 0 heterocycles. The van der Waals surface area contributed by atoms with Gasteiger partial charge in [-0.05, 0) is 68.1 Å². The molecule has 3 aromatic rings. The minimum Gasteiger partial charge on any atom is -0.478 e. The summed E-state index contributed by atoms with van der Waals surface area (Å²) in [5.74, 6) is -2.41. The third-order valence-corrected chi connectivity index (χ3v) is 7.03. The maximum atomic E-state index is 15.8. The molecule has 0 atom stereocenters. The number of carboxylic acids is 1. The largest absolute Gasteiger partial charge is 0.478 e. The molecule has 8 heteroatoms. The summed E-state index contributed by atoms with van der Waals surface area (Å²) in [6.07, 6.45) is 5.21. The van der Waals surface area contributed by atoms with Crippen molar-refractivity contribution in [3.8, 4) is 11.1 Å². The number of amides is 2. The van der Waals surface area contributed by atoms with Crippen molar-refractivity contribution in [2.45, 2.75) is 58.9 Å². The predicted molar refractivity (Wildman–Crippen MR) is 152 cm³/mol. The number of rotatable bonds is 8. The first kappa shape index (κ1) is 28.1. The molecule has 4 rings (SSSR count). The van der Waals surface area contributed by atoms with E-state index in [0.29, 0.717) is 23.6 Å². The van der Waals surface area contributed by atoms with Crippen LogP contribution in [-0.2, 0) is 0 Å². The molecule has 39 heavy (non-hydrogen) atoms. The second kappa shape index (κ2) is 12.3. The van der Waals surface area contributed by atoms with Crippen LogP contribution < -0.4 is 15.5 Å². The number of carboxylic acid groups (broad SMARTS) is 1. The normalized spacial score (nSPS) is 13.8. The van der Waals surface area contributed by atoms with Crippen molar-refractivity contribution < 1.29 is 23.5 Å². The second-order valence-electron chi connectivity index (χ2n) is 10.6. The zero-order valence-corrected chi connectivity index (χ0v) is 22.6. The van der Waals surface area contributed by atoms with Crippen LogP contribution in [0.2, 0.25) is 0 Å². The minimum atomic E-state index is -1.30. The molecule has 0 unspecified atom stereocenters. The predicted octanol–water partition coefficient (Wildman–Crippen LogP) is 8.08. The van der Waals surface area contributed by atoms with Crippen molar-refractivity contribution in [2.24, 2.45) is 5.92 Å². The maximum Gasteiger partial charge on any atom is 0.336 e. The number of benzene rings is 3. The third-order valence-electron chi connectivity index (χ3n) is 7.03. The van der Waals surface area contributed by atoms with Crippen LogP contribution in [0, 0.1) is 24.5 Å². The quantitative estimate of drug-likeness (QED) is 0.272. The lowest BCUT2D eigenvalue weighted by atomic mass is 9.92. The Morgan fingerprint density at radius 1 is 0.949 bits per heavy atom. The fraction of sp³-hybridized carbons (Fsp3) is 0.355. The van der Waals surface area contributed by atoms with E-state index in [1.165, 1.54) is 12.1 Å². The highest BCUT2D eigenvalue weighted by Crippen LogP contribution is 2.39. The molecule has 3 aromatic carbocycles. The van der Waals surface area contributed by atoms with Gasteiger partial charge in [-0.1, -0.05) is 50.8 Å². The van der Waals surface area contributed by atoms with E-state index in [1.807, 2.05) is 19.1 Å². The molecule has 0 bridgehead atoms. The van der Waals surface area contributed by atoms with Gasteiger partial charge < -0.3 is 20.6 Å². The summed E-state index contributed by atoms with van der Waals surface area (Å²) in [5, 5.41) is 15.4. The molecule has 2 amide bonds. The number of nitrogens with zero attached hydrogens (tertiary/aromatic N) is 1. The topological polar surface area (TPSA) is 81.7 Å². The Balaban J connectivity index is 1.81. The van der Waals surface area contributed by atoms with Gasteiger partial charge in [0.25, 0.3) is 0 Å². The lowest BCUT2D eigenvalue weighted by molar-refractivity contribution is 0.0697. The van der Waals surface area contributed by atoms with E-state index < -0.39 is 23.6 Å². The summed E-state index contributed by atoms with van der Waals surface area (Å²) in [6.45, 7) is 6.77. The number of urea groups is 1. The van der Waals surface area contributed by atoms with Gasteiger partial charge in [0, 0.05) is 29.4 Å². The summed E-state index contributed by atoms with van der Waals surface area (Å²) in [6, 6.07) is 12.9. The molecule has 0 radical (unpaired) electrons. The highest BCUT2D eigenvalue weighted by molar-refractivity contribution is 6.03. The average Bonchev–Trinajstić information content (AvgIpc) is 2.89. The van der Waals surface area contributed by atoms with Crippen LogP contribution in [0.25, 0.3) is 11.1 Å². The van der Waals surface area contributed by atoms with E-state index in [4.69, 9.17) is 0 Å². The average molecular weight is 536 g/mol. The molecule has 0 saturated heterocycles. The Morgan fingerprint density at radius 2 is 1.64 bits per heavy atom. The summed E-state index contributed by atoms with van der Waals surface area (Å²) in [7, 11) is 0. The Labute approximate surface area is 228 Å². The first-order chi connectivity index (χ1) is 18.6. The molecule has 0 aliphatic heterocycles. The number of halogens is 2. The Bertz CT molecular complexity index is 1340. The van der Waals surface area contributed by atoms with Gasteiger partial charge in [-0.15, -0.1) is 0 Å². The Hall–Kier alpha value is -3.94. The zero-order chi connectivity index (χ0) is 28.1. The highest BCUT2D eigenvalue weighted by atomic mass is 19.1. The lowest BCUT2D eigenvalue weighted by Gasteiger charge is -2.38. The van der Waals surface area contributed by atoms with E-state index >= 15 is 4.39 Å². The third kappa shape index (κ3) is 6.93. The number of anilines is 3. The van der Waals surface area contributed by atoms with Gasteiger partial charge in [-0.25, -0.2) is 18.4 Å². The van der Waals surface area contributed by atoms with Gasteiger partial charge in [-0.2, -0.15) is 0 Å². The van der Waals surface area contributed by atoms with E-state index in [9.17, 15) is 19.1 Å². The van der Waals surface area contributed by atoms with Crippen molar-refractivity contribution in [1.29, 1.82) is 0 Å². The number of hydrogen-bond donors (Lipinski definition) is 3. The van der Waals surface area contributed by atoms with Crippen molar-refractivity contribution >= 4 is 29.1 Å². The summed E-state index contributed by atoms with van der Waals surface area (Å²) in [5.41, 5.74) is 2.05. The monoisotopic (exact) mass is 535 g/mol. The first-order valence-electron chi connectivity index (χ1n) is 13.4. The van der Waals surface area contributed by atoms with Crippen molar-refractivity contribution in [1.82, 2.24) is 0 Å². The number of carbonyl (C=O) groups is 2. The van der Waals surface area contributed by atoms with E-state index in [2.05, 4.69) is 29.4 Å². The van der Waals surface area contributed by atoms with E-state index in [-0.39, 0.29) is 28.7 Å². The van der Waals surface area contributed by atoms with Crippen LogP contribution >= 0.6 is 0 Å². The van der Waals surface area contributed by atoms with E-state index in [0.717, 1.165) is 55.9 Å². The van der Waals surface area contributed by atoms with E-state index in [1.54, 1.807) is 12.1 Å². The summed E-state index contributed by atoms with van der Waals surface area (Å²) in [4.78, 5) is 27.1. The van der Waals surface area contributed by atoms with Crippen LogP contribution in [0.3, 0.4) is 0 Å². The number of aromatic carboxylic acids is 1. The number of carbonyl (C=O) groups excluding carboxylic acids is 1. The molecule has 6 nitrogen and oxygen atoms in total. The maximum absolute atomic E-state index is 15.8. The lowest BCUT2D eigenvalue weighted by Crippen LogP contribution is -2.40. The van der Waals surface area contributed by atoms with Crippen molar-refractivity contribution in [2.75, 3.05) is 22.1 Å². The molecule has 1 fully saturated rings. The van der Waals surface area contributed by atoms with Gasteiger partial charge in [0.15, 0.2) is 0 Å². The molecule has 206 valence electrons. The Morgan fingerprint density at radius 3 is 2.28 bits per heavy atom. The standard InChI is InChI=1S/C31H35F2N3O3/c1-19(2)18-36(23-7-5-4-6-8-23)29-17-27(33)26(25-15-21(32)11-14-24(25)30(37)38)16-28(29)35-31(39)34-22-12-9-20(3)10-13-22/h9-17,19,23H,4-8,18H2,1-3H3,(H,37,38)(H2,34,35,39). The molecule has 0 spiro atoms. The molecule has 3 N–H and O–H groups in total. The van der Waals surface area contributed by atoms with Crippen LogP contribution in [0.15, 0.2) is 54.6 Å². The highest BCUT2D eigenvalue weighted by Gasteiger charge is 2.27. The number of nitrogens with one attached hydrogen (secondary N) is 2. The zero-order valence-electron chi connectivity index (χ0n) is 22.6. The molecule has 1 aliphatic rings. The number of aryl methyl sites for hydroxylation is 1. The fourth-order valence-electron chi connectivity index (χ4n) is 5.18. The van der Waals surface area contributed by atoms with Crippen LogP contribution in [0.5, 0.6) is 0 Å². The van der Waals surface area contributed by atoms with Crippen molar-refractivity contribution in [3.05, 3.63) is 77.4 Å². The summed E-state index contributed by atoms with van der Waals surface area (Å²) < 4.78 is 30.0. The van der Waals surface area contributed by atoms with Gasteiger partial charge >= 0.3 is 12.0 Å². The molecule has 1 saturated carbocycles. The van der Waals surface area contributed by atoms with Crippen LogP contribution in [0.4, 0.5) is 30.6 Å². The first-order valence-corrected chi connectivity index (χ1v) is 13.4. The SMILES string of the molecule is Cc1ccc(NC(=O)Nc2cc(-c3cc(F)ccc3C(=O)O)c(F)cc2N(CC(C)C)C2CCCCC2)cc1. The van der Waals surface area contributed by atoms with Gasteiger partial charge in [0.1, 0.15) is 11.6 Å². The smallest absolute Gasteiger partial charge is 0.336 e. The van der Waals surface area contributed by atoms with Crippen LogP contribution in [0.1, 0.15) is 61.9 Å². The minimum absolute atomic E-state index is 0.0957. The van der Waals surface area contributed by atoms with Gasteiger partial charge in [0.05, 0.1) is 16.9 Å². The fourth-order valence-corrected chi connectivity index (χ4v) is 5.18. The summed E-state index contributed by atoms with van der Waals surface area (Å²) >= 11 is 0. The van der Waals surface area contributed by atoms with Gasteiger partial charge in [-0.3, -0.25) is 0 Å². The van der Waals surface area contributed by atoms with Crippen LogP contribution in [-0.4, -0.2) is 29.7 Å². The van der Waals surface area contributed by atoms with Gasteiger partial charge in [0.2, 0.25) is 0 Å². The molecular weight excluding hydrogens is 500 g/mol. The second-order valence-corrected chi connectivity index (χ2v) is 10.6. The van der Waals surface area contributed by atoms with Crippen molar-refractivity contribution in [3.63, 3.8) is 0 Å². The molecule has 0 aromatic heterocycles. The molecule has 1 aliphatic carbocycles. The molecular formula is C31H35F2N3O3.